The molecule has 1 unspecified atom stereocenters. The van der Waals surface area contributed by atoms with E-state index in [2.05, 4.69) is 19.9 Å². The van der Waals surface area contributed by atoms with Gasteiger partial charge in [-0.3, -0.25) is 0 Å². The third kappa shape index (κ3) is 0.947. The maximum atomic E-state index is 5.70. The fraction of sp³-hybridized carbons (Fsp3) is 0.286. The molecule has 2 aromatic rings. The molecule has 1 atom stereocenters. The summed E-state index contributed by atoms with van der Waals surface area (Å²) in [6, 6.07) is -0.101. The fourth-order valence-corrected chi connectivity index (χ4v) is 1.13. The van der Waals surface area contributed by atoms with Gasteiger partial charge in [0, 0.05) is 6.04 Å². The second kappa shape index (κ2) is 2.53. The van der Waals surface area contributed by atoms with E-state index in [9.17, 15) is 0 Å². The average molecular weight is 163 g/mol. The Kier molecular flexibility index (Phi) is 1.51. The normalized spacial score (nSPS) is 13.5. The number of fused-ring (bicyclic) bond motifs is 1. The Morgan fingerprint density at radius 2 is 2.25 bits per heavy atom. The van der Waals surface area contributed by atoms with E-state index < -0.39 is 0 Å². The summed E-state index contributed by atoms with van der Waals surface area (Å²) in [4.78, 5) is 15.0. The SMILES string of the molecule is CC(N)c1ncnc2nc[nH]c12. The van der Waals surface area contributed by atoms with Crippen molar-refractivity contribution in [1.29, 1.82) is 0 Å². The smallest absolute Gasteiger partial charge is 0.180 e. The summed E-state index contributed by atoms with van der Waals surface area (Å²) < 4.78 is 0. The maximum Gasteiger partial charge on any atom is 0.180 e. The largest absolute Gasteiger partial charge is 0.342 e. The van der Waals surface area contributed by atoms with Crippen LogP contribution in [0.4, 0.5) is 0 Å². The van der Waals surface area contributed by atoms with E-state index in [0.717, 1.165) is 11.2 Å². The van der Waals surface area contributed by atoms with Crippen LogP contribution in [0.3, 0.4) is 0 Å². The van der Waals surface area contributed by atoms with Crippen molar-refractivity contribution in [3.63, 3.8) is 0 Å². The predicted molar refractivity (Wildman–Crippen MR) is 44.3 cm³/mol. The zero-order valence-electron chi connectivity index (χ0n) is 6.65. The summed E-state index contributed by atoms with van der Waals surface area (Å²) in [5.74, 6) is 0. The van der Waals surface area contributed by atoms with Crippen molar-refractivity contribution in [2.24, 2.45) is 5.73 Å². The molecule has 0 aromatic carbocycles. The Hall–Kier alpha value is -1.49. The van der Waals surface area contributed by atoms with Gasteiger partial charge in [-0.1, -0.05) is 0 Å². The number of hydrogen-bond acceptors (Lipinski definition) is 4. The molecule has 0 aliphatic carbocycles. The van der Waals surface area contributed by atoms with Crippen molar-refractivity contribution in [1.82, 2.24) is 19.9 Å². The molecule has 0 spiro atoms. The number of aromatic amines is 1. The van der Waals surface area contributed by atoms with E-state index in [4.69, 9.17) is 5.73 Å². The molecule has 0 amide bonds. The van der Waals surface area contributed by atoms with Gasteiger partial charge in [0.15, 0.2) is 5.65 Å². The third-order valence-electron chi connectivity index (χ3n) is 1.68. The molecule has 5 heteroatoms. The number of nitrogens with two attached hydrogens (primary N) is 1. The second-order valence-corrected chi connectivity index (χ2v) is 2.65. The Labute approximate surface area is 69.1 Å². The summed E-state index contributed by atoms with van der Waals surface area (Å²) in [5, 5.41) is 0. The van der Waals surface area contributed by atoms with Crippen LogP contribution in [-0.2, 0) is 0 Å². The van der Waals surface area contributed by atoms with E-state index >= 15 is 0 Å². The monoisotopic (exact) mass is 163 g/mol. The summed E-state index contributed by atoms with van der Waals surface area (Å²) >= 11 is 0. The van der Waals surface area contributed by atoms with E-state index in [1.54, 1.807) is 6.33 Å². The second-order valence-electron chi connectivity index (χ2n) is 2.65. The molecule has 0 aliphatic heterocycles. The highest BCUT2D eigenvalue weighted by Crippen LogP contribution is 2.14. The molecule has 3 N–H and O–H groups in total. The van der Waals surface area contributed by atoms with Crippen LogP contribution in [0.15, 0.2) is 12.7 Å². The van der Waals surface area contributed by atoms with Crippen LogP contribution >= 0.6 is 0 Å². The van der Waals surface area contributed by atoms with Gasteiger partial charge in [-0.25, -0.2) is 15.0 Å². The molecule has 0 saturated carbocycles. The van der Waals surface area contributed by atoms with E-state index in [1.807, 2.05) is 6.92 Å². The molecule has 12 heavy (non-hydrogen) atoms. The van der Waals surface area contributed by atoms with Gasteiger partial charge in [-0.15, -0.1) is 0 Å². The standard InChI is InChI=1S/C7H9N5/c1-4(8)5-6-7(11-2-9-5)12-3-10-6/h2-4H,8H2,1H3,(H,9,10,11,12). The minimum absolute atomic E-state index is 0.101. The predicted octanol–water partition coefficient (Wildman–Crippen LogP) is 0.373. The molecule has 2 aromatic heterocycles. The molecule has 0 saturated heterocycles. The number of H-pyrrole nitrogens is 1. The van der Waals surface area contributed by atoms with Gasteiger partial charge in [0.2, 0.25) is 0 Å². The minimum Gasteiger partial charge on any atom is -0.342 e. The molecular weight excluding hydrogens is 154 g/mol. The van der Waals surface area contributed by atoms with Crippen molar-refractivity contribution in [2.75, 3.05) is 0 Å². The highest BCUT2D eigenvalue weighted by molar-refractivity contribution is 5.72. The zero-order valence-corrected chi connectivity index (χ0v) is 6.65. The molecule has 2 rings (SSSR count). The van der Waals surface area contributed by atoms with Crippen molar-refractivity contribution < 1.29 is 0 Å². The Balaban J connectivity index is 2.73. The molecule has 5 nitrogen and oxygen atoms in total. The first-order valence-corrected chi connectivity index (χ1v) is 3.68. The molecular formula is C7H9N5. The first-order valence-electron chi connectivity index (χ1n) is 3.68. The minimum atomic E-state index is -0.101. The van der Waals surface area contributed by atoms with Gasteiger partial charge in [-0.2, -0.15) is 0 Å². The van der Waals surface area contributed by atoms with Crippen LogP contribution < -0.4 is 5.73 Å². The number of nitrogens with one attached hydrogen (secondary N) is 1. The Morgan fingerprint density at radius 3 is 3.00 bits per heavy atom. The number of rotatable bonds is 1. The molecule has 0 radical (unpaired) electrons. The van der Waals surface area contributed by atoms with Gasteiger partial charge >= 0.3 is 0 Å². The van der Waals surface area contributed by atoms with Crippen LogP contribution in [0.2, 0.25) is 0 Å². The number of imidazole rings is 1. The van der Waals surface area contributed by atoms with Crippen LogP contribution in [0, 0.1) is 0 Å². The number of nitrogens with zero attached hydrogens (tertiary/aromatic N) is 3. The van der Waals surface area contributed by atoms with Crippen molar-refractivity contribution in [3.05, 3.63) is 18.3 Å². The van der Waals surface area contributed by atoms with Crippen LogP contribution in [-0.4, -0.2) is 19.9 Å². The summed E-state index contributed by atoms with van der Waals surface area (Å²) in [5.41, 5.74) is 7.99. The highest BCUT2D eigenvalue weighted by atomic mass is 15.0. The first kappa shape index (κ1) is 7.17. The quantitative estimate of drug-likeness (QED) is 0.636. The Morgan fingerprint density at radius 1 is 1.42 bits per heavy atom. The molecule has 2 heterocycles. The third-order valence-corrected chi connectivity index (χ3v) is 1.68. The molecule has 0 aliphatic rings. The zero-order chi connectivity index (χ0) is 8.55. The van der Waals surface area contributed by atoms with E-state index in [-0.39, 0.29) is 6.04 Å². The van der Waals surface area contributed by atoms with Gasteiger partial charge in [-0.05, 0) is 6.92 Å². The van der Waals surface area contributed by atoms with E-state index in [0.29, 0.717) is 5.65 Å². The lowest BCUT2D eigenvalue weighted by Crippen LogP contribution is -2.08. The average Bonchev–Trinajstić information content (AvgIpc) is 2.49. The van der Waals surface area contributed by atoms with Gasteiger partial charge in [0.05, 0.1) is 12.0 Å². The summed E-state index contributed by atoms with van der Waals surface area (Å²) in [6.07, 6.45) is 3.06. The van der Waals surface area contributed by atoms with Crippen LogP contribution in [0.5, 0.6) is 0 Å². The van der Waals surface area contributed by atoms with Crippen LogP contribution in [0.25, 0.3) is 11.2 Å². The van der Waals surface area contributed by atoms with Crippen molar-refractivity contribution >= 4 is 11.2 Å². The van der Waals surface area contributed by atoms with Gasteiger partial charge in [0.25, 0.3) is 0 Å². The van der Waals surface area contributed by atoms with Gasteiger partial charge < -0.3 is 10.7 Å². The lowest BCUT2D eigenvalue weighted by atomic mass is 10.2. The van der Waals surface area contributed by atoms with Crippen molar-refractivity contribution in [3.8, 4) is 0 Å². The highest BCUT2D eigenvalue weighted by Gasteiger charge is 2.08. The summed E-state index contributed by atoms with van der Waals surface area (Å²) in [6.45, 7) is 1.88. The number of hydrogen-bond donors (Lipinski definition) is 2. The fourth-order valence-electron chi connectivity index (χ4n) is 1.13. The number of aromatic nitrogens is 4. The summed E-state index contributed by atoms with van der Waals surface area (Å²) in [7, 11) is 0. The maximum absolute atomic E-state index is 5.70. The Bertz CT molecular complexity index is 391. The van der Waals surface area contributed by atoms with Gasteiger partial charge in [0.1, 0.15) is 11.8 Å². The molecule has 0 fully saturated rings. The van der Waals surface area contributed by atoms with Crippen molar-refractivity contribution in [2.45, 2.75) is 13.0 Å². The molecule has 62 valence electrons. The topological polar surface area (TPSA) is 80.5 Å². The lowest BCUT2D eigenvalue weighted by molar-refractivity contribution is 0.784. The van der Waals surface area contributed by atoms with E-state index in [1.165, 1.54) is 6.33 Å². The van der Waals surface area contributed by atoms with Crippen LogP contribution in [0.1, 0.15) is 18.7 Å². The lowest BCUT2D eigenvalue weighted by Gasteiger charge is -2.03. The first-order chi connectivity index (χ1) is 5.79. The molecule has 0 bridgehead atoms.